The second-order valence-corrected chi connectivity index (χ2v) is 6.16. The number of aromatic hydroxyl groups is 1. The van der Waals surface area contributed by atoms with Crippen molar-refractivity contribution in [1.29, 1.82) is 0 Å². The number of hydrogen-bond acceptors (Lipinski definition) is 5. The smallest absolute Gasteiger partial charge is 0.360 e. The van der Waals surface area contributed by atoms with E-state index in [0.717, 1.165) is 15.2 Å². The van der Waals surface area contributed by atoms with Gasteiger partial charge in [0.2, 0.25) is 0 Å². The van der Waals surface area contributed by atoms with Crippen molar-refractivity contribution in [2.45, 2.75) is 16.7 Å². The van der Waals surface area contributed by atoms with Crippen LogP contribution in [0.3, 0.4) is 0 Å². The Kier molecular flexibility index (Phi) is 4.21. The molecule has 0 spiro atoms. The Bertz CT molecular complexity index is 878. The van der Waals surface area contributed by atoms with Crippen molar-refractivity contribution < 1.29 is 14.6 Å². The second-order valence-electron chi connectivity index (χ2n) is 5.01. The van der Waals surface area contributed by atoms with Gasteiger partial charge in [0.1, 0.15) is 0 Å². The Morgan fingerprint density at radius 2 is 1.83 bits per heavy atom. The van der Waals surface area contributed by atoms with Gasteiger partial charge in [0.15, 0.2) is 11.4 Å². The van der Waals surface area contributed by atoms with Gasteiger partial charge >= 0.3 is 5.97 Å². The molecular weight excluding hydrogens is 310 g/mol. The summed E-state index contributed by atoms with van der Waals surface area (Å²) in [5, 5.41) is 11.7. The van der Waals surface area contributed by atoms with Crippen LogP contribution in [-0.2, 0) is 4.74 Å². The van der Waals surface area contributed by atoms with E-state index in [1.165, 1.54) is 7.11 Å². The summed E-state index contributed by atoms with van der Waals surface area (Å²) in [7, 11) is 1.27. The third-order valence-corrected chi connectivity index (χ3v) is 4.49. The molecule has 116 valence electrons. The summed E-state index contributed by atoms with van der Waals surface area (Å²) in [5.74, 6) is -0.788. The molecule has 0 saturated carbocycles. The summed E-state index contributed by atoms with van der Waals surface area (Å²) in [6.07, 6.45) is 0. The van der Waals surface area contributed by atoms with Crippen LogP contribution in [0.1, 0.15) is 16.2 Å². The molecule has 0 amide bonds. The molecule has 5 heteroatoms. The van der Waals surface area contributed by atoms with E-state index in [4.69, 9.17) is 0 Å². The lowest BCUT2D eigenvalue weighted by molar-refractivity contribution is 0.0590. The lowest BCUT2D eigenvalue weighted by Gasteiger charge is -2.10. The Morgan fingerprint density at radius 1 is 1.09 bits per heavy atom. The maximum atomic E-state index is 11.7. The number of aryl methyl sites for hydroxylation is 1. The first-order valence-electron chi connectivity index (χ1n) is 7.04. The molecule has 0 fully saturated rings. The number of hydrogen-bond donors (Lipinski definition) is 1. The summed E-state index contributed by atoms with van der Waals surface area (Å²) in [6.45, 7) is 1.81. The Labute approximate surface area is 138 Å². The second kappa shape index (κ2) is 6.30. The molecule has 4 nitrogen and oxygen atoms in total. The van der Waals surface area contributed by atoms with Gasteiger partial charge in [0, 0.05) is 26.3 Å². The minimum Gasteiger partial charge on any atom is -0.505 e. The number of carbonyl (C=O) groups is 1. The highest BCUT2D eigenvalue weighted by molar-refractivity contribution is 7.99. The van der Waals surface area contributed by atoms with Crippen molar-refractivity contribution in [3.05, 3.63) is 59.9 Å². The van der Waals surface area contributed by atoms with Crippen molar-refractivity contribution in [2.24, 2.45) is 0 Å². The molecular formula is C18H15NO3S. The summed E-state index contributed by atoms with van der Waals surface area (Å²) in [6, 6.07) is 15.7. The van der Waals surface area contributed by atoms with Crippen LogP contribution >= 0.6 is 11.8 Å². The average molecular weight is 325 g/mol. The fourth-order valence-corrected chi connectivity index (χ4v) is 3.24. The molecule has 0 aliphatic heterocycles. The van der Waals surface area contributed by atoms with Crippen molar-refractivity contribution in [3.63, 3.8) is 0 Å². The van der Waals surface area contributed by atoms with E-state index < -0.39 is 5.97 Å². The van der Waals surface area contributed by atoms with E-state index in [9.17, 15) is 9.90 Å². The first kappa shape index (κ1) is 15.4. The standard InChI is InChI=1S/C18H15NO3S/c1-11-15-10-13(23-12-6-4-3-5-7-12)8-9-14(15)17(20)16(19-11)18(21)22-2/h3-10,20H,1-2H3. The highest BCUT2D eigenvalue weighted by Gasteiger charge is 2.18. The lowest BCUT2D eigenvalue weighted by Crippen LogP contribution is -2.06. The quantitative estimate of drug-likeness (QED) is 0.732. The van der Waals surface area contributed by atoms with Crippen LogP contribution in [0.15, 0.2) is 58.3 Å². The van der Waals surface area contributed by atoms with E-state index in [1.807, 2.05) is 49.4 Å². The number of ether oxygens (including phenoxy) is 1. The van der Waals surface area contributed by atoms with Crippen molar-refractivity contribution in [2.75, 3.05) is 7.11 Å². The first-order chi connectivity index (χ1) is 11.1. The van der Waals surface area contributed by atoms with E-state index >= 15 is 0 Å². The summed E-state index contributed by atoms with van der Waals surface area (Å²) in [4.78, 5) is 18.0. The molecule has 1 N–H and O–H groups in total. The van der Waals surface area contributed by atoms with E-state index in [-0.39, 0.29) is 11.4 Å². The Morgan fingerprint density at radius 3 is 2.52 bits per heavy atom. The number of carbonyl (C=O) groups excluding carboxylic acids is 1. The number of pyridine rings is 1. The van der Waals surface area contributed by atoms with Crippen LogP contribution in [0.2, 0.25) is 0 Å². The minimum absolute atomic E-state index is 0.0547. The zero-order valence-corrected chi connectivity index (χ0v) is 13.6. The summed E-state index contributed by atoms with van der Waals surface area (Å²) < 4.78 is 4.66. The van der Waals surface area contributed by atoms with Gasteiger partial charge in [0.25, 0.3) is 0 Å². The average Bonchev–Trinajstić information content (AvgIpc) is 2.58. The van der Waals surface area contributed by atoms with Crippen molar-refractivity contribution in [1.82, 2.24) is 4.98 Å². The number of esters is 1. The molecule has 0 saturated heterocycles. The Hall–Kier alpha value is -2.53. The number of methoxy groups -OCH3 is 1. The highest BCUT2D eigenvalue weighted by atomic mass is 32.2. The number of aromatic nitrogens is 1. The van der Waals surface area contributed by atoms with Gasteiger partial charge in [-0.25, -0.2) is 9.78 Å². The van der Waals surface area contributed by atoms with Crippen LogP contribution in [-0.4, -0.2) is 23.2 Å². The number of benzene rings is 2. The zero-order chi connectivity index (χ0) is 16.4. The molecule has 1 heterocycles. The van der Waals surface area contributed by atoms with E-state index in [1.54, 1.807) is 17.8 Å². The Balaban J connectivity index is 2.07. The van der Waals surface area contributed by atoms with Crippen LogP contribution < -0.4 is 0 Å². The highest BCUT2D eigenvalue weighted by Crippen LogP contribution is 2.35. The van der Waals surface area contributed by atoms with Crippen LogP contribution in [0.25, 0.3) is 10.8 Å². The van der Waals surface area contributed by atoms with Gasteiger partial charge in [-0.15, -0.1) is 0 Å². The molecule has 0 bridgehead atoms. The molecule has 0 aliphatic carbocycles. The fourth-order valence-electron chi connectivity index (χ4n) is 2.36. The number of nitrogens with zero attached hydrogens (tertiary/aromatic N) is 1. The summed E-state index contributed by atoms with van der Waals surface area (Å²) in [5.41, 5.74) is 0.620. The van der Waals surface area contributed by atoms with Gasteiger partial charge in [-0.2, -0.15) is 0 Å². The van der Waals surface area contributed by atoms with Gasteiger partial charge in [-0.05, 0) is 37.3 Å². The number of fused-ring (bicyclic) bond motifs is 1. The molecule has 0 radical (unpaired) electrons. The van der Waals surface area contributed by atoms with Crippen molar-refractivity contribution in [3.8, 4) is 5.75 Å². The third-order valence-electron chi connectivity index (χ3n) is 3.50. The molecule has 1 aromatic heterocycles. The van der Waals surface area contributed by atoms with Gasteiger partial charge < -0.3 is 9.84 Å². The molecule has 0 atom stereocenters. The molecule has 2 aromatic carbocycles. The van der Waals surface area contributed by atoms with E-state index in [0.29, 0.717) is 11.1 Å². The SMILES string of the molecule is COC(=O)c1nc(C)c2cc(Sc3ccccc3)ccc2c1O. The minimum atomic E-state index is -0.643. The van der Waals surface area contributed by atoms with Gasteiger partial charge in [-0.1, -0.05) is 30.0 Å². The first-order valence-corrected chi connectivity index (χ1v) is 7.86. The predicted octanol–water partition coefficient (Wildman–Crippen LogP) is 4.19. The molecule has 3 rings (SSSR count). The molecule has 0 unspecified atom stereocenters. The molecule has 23 heavy (non-hydrogen) atoms. The van der Waals surface area contributed by atoms with Gasteiger partial charge in [0.05, 0.1) is 7.11 Å². The third kappa shape index (κ3) is 3.00. The predicted molar refractivity (Wildman–Crippen MR) is 90.0 cm³/mol. The molecule has 3 aromatic rings. The topological polar surface area (TPSA) is 59.4 Å². The maximum Gasteiger partial charge on any atom is 0.360 e. The van der Waals surface area contributed by atoms with Gasteiger partial charge in [-0.3, -0.25) is 0 Å². The monoisotopic (exact) mass is 325 g/mol. The largest absolute Gasteiger partial charge is 0.505 e. The van der Waals surface area contributed by atoms with Crippen LogP contribution in [0, 0.1) is 6.92 Å². The van der Waals surface area contributed by atoms with Crippen LogP contribution in [0.4, 0.5) is 0 Å². The van der Waals surface area contributed by atoms with E-state index in [2.05, 4.69) is 9.72 Å². The number of rotatable bonds is 3. The summed E-state index contributed by atoms with van der Waals surface area (Å²) >= 11 is 1.63. The normalized spacial score (nSPS) is 10.7. The van der Waals surface area contributed by atoms with Crippen molar-refractivity contribution >= 4 is 28.5 Å². The zero-order valence-electron chi connectivity index (χ0n) is 12.7. The maximum absolute atomic E-state index is 11.7. The van der Waals surface area contributed by atoms with Crippen LogP contribution in [0.5, 0.6) is 5.75 Å². The fraction of sp³-hybridized carbons (Fsp3) is 0.111. The molecule has 0 aliphatic rings. The lowest BCUT2D eigenvalue weighted by atomic mass is 10.1.